The van der Waals surface area contributed by atoms with Crippen LogP contribution in [0.4, 0.5) is 0 Å². The second kappa shape index (κ2) is 8.09. The van der Waals surface area contributed by atoms with E-state index in [1.54, 1.807) is 6.20 Å². The molecule has 0 spiro atoms. The van der Waals surface area contributed by atoms with E-state index in [2.05, 4.69) is 37.1 Å². The lowest BCUT2D eigenvalue weighted by atomic mass is 10.0. The smallest absolute Gasteiger partial charge is 0.137 e. The molecule has 1 aromatic heterocycles. The van der Waals surface area contributed by atoms with Gasteiger partial charge in [-0.3, -0.25) is 4.98 Å². The highest BCUT2D eigenvalue weighted by Crippen LogP contribution is 2.14. The summed E-state index contributed by atoms with van der Waals surface area (Å²) >= 11 is 0. The number of pyridine rings is 1. The molecule has 0 aromatic carbocycles. The first kappa shape index (κ1) is 15.0. The molecule has 0 aliphatic carbocycles. The monoisotopic (exact) mass is 250 g/mol. The third kappa shape index (κ3) is 6.01. The highest BCUT2D eigenvalue weighted by molar-refractivity contribution is 5.23. The van der Waals surface area contributed by atoms with E-state index in [-0.39, 0.29) is 0 Å². The number of hydrogen-bond donors (Lipinski definition) is 1. The van der Waals surface area contributed by atoms with Crippen molar-refractivity contribution in [2.45, 2.75) is 34.1 Å². The Kier molecular flexibility index (Phi) is 6.73. The maximum atomic E-state index is 5.46. The second-order valence-electron chi connectivity index (χ2n) is 5.32. The maximum Gasteiger partial charge on any atom is 0.137 e. The normalized spacial score (nSPS) is 12.7. The lowest BCUT2D eigenvalue weighted by molar-refractivity contribution is 0.338. The van der Waals surface area contributed by atoms with Gasteiger partial charge >= 0.3 is 0 Å². The summed E-state index contributed by atoms with van der Waals surface area (Å²) in [6.07, 6.45) is 4.75. The van der Waals surface area contributed by atoms with Crippen LogP contribution in [0, 0.1) is 11.8 Å². The number of nitrogens with one attached hydrogen (secondary N) is 1. The van der Waals surface area contributed by atoms with Gasteiger partial charge in [0.2, 0.25) is 0 Å². The van der Waals surface area contributed by atoms with Gasteiger partial charge in [0.05, 0.1) is 12.8 Å². The molecule has 0 saturated carbocycles. The summed E-state index contributed by atoms with van der Waals surface area (Å²) in [6.45, 7) is 11.5. The number of hydrogen-bond acceptors (Lipinski definition) is 3. The molecule has 3 nitrogen and oxygen atoms in total. The van der Waals surface area contributed by atoms with E-state index < -0.39 is 0 Å². The van der Waals surface area contributed by atoms with Crippen molar-refractivity contribution in [2.75, 3.05) is 19.7 Å². The van der Waals surface area contributed by atoms with E-state index >= 15 is 0 Å². The minimum Gasteiger partial charge on any atom is -0.492 e. The van der Waals surface area contributed by atoms with Crippen LogP contribution in [-0.4, -0.2) is 24.7 Å². The number of rotatable bonds is 8. The molecule has 1 rings (SSSR count). The fraction of sp³-hybridized carbons (Fsp3) is 0.667. The zero-order chi connectivity index (χ0) is 13.4. The quantitative estimate of drug-likeness (QED) is 0.770. The van der Waals surface area contributed by atoms with Gasteiger partial charge in [0.25, 0.3) is 0 Å². The SMILES string of the molecule is CCOc1cncc(CC(C)CNCC(C)C)c1. The van der Waals surface area contributed by atoms with Gasteiger partial charge in [-0.1, -0.05) is 20.8 Å². The van der Waals surface area contributed by atoms with Crippen LogP contribution in [0.25, 0.3) is 0 Å². The number of aromatic nitrogens is 1. The Balaban J connectivity index is 2.38. The average molecular weight is 250 g/mol. The van der Waals surface area contributed by atoms with E-state index in [9.17, 15) is 0 Å². The Morgan fingerprint density at radius 2 is 2.00 bits per heavy atom. The van der Waals surface area contributed by atoms with Crippen LogP contribution in [0.5, 0.6) is 5.75 Å². The lowest BCUT2D eigenvalue weighted by Crippen LogP contribution is -2.26. The molecule has 102 valence electrons. The van der Waals surface area contributed by atoms with Crippen LogP contribution in [0.1, 0.15) is 33.3 Å². The Hall–Kier alpha value is -1.09. The van der Waals surface area contributed by atoms with Crippen molar-refractivity contribution in [3.63, 3.8) is 0 Å². The lowest BCUT2D eigenvalue weighted by Gasteiger charge is -2.14. The first-order valence-corrected chi connectivity index (χ1v) is 6.89. The van der Waals surface area contributed by atoms with Crippen molar-refractivity contribution < 1.29 is 4.74 Å². The van der Waals surface area contributed by atoms with Gasteiger partial charge in [0.1, 0.15) is 5.75 Å². The largest absolute Gasteiger partial charge is 0.492 e. The van der Waals surface area contributed by atoms with Gasteiger partial charge in [0, 0.05) is 6.20 Å². The van der Waals surface area contributed by atoms with Crippen molar-refractivity contribution in [3.05, 3.63) is 24.0 Å². The summed E-state index contributed by atoms with van der Waals surface area (Å²) in [6, 6.07) is 2.09. The molecule has 3 heteroatoms. The molecule has 1 atom stereocenters. The summed E-state index contributed by atoms with van der Waals surface area (Å²) in [5.74, 6) is 2.19. The summed E-state index contributed by atoms with van der Waals surface area (Å²) < 4.78 is 5.46. The van der Waals surface area contributed by atoms with Gasteiger partial charge in [-0.15, -0.1) is 0 Å². The first-order chi connectivity index (χ1) is 8.61. The van der Waals surface area contributed by atoms with E-state index in [1.165, 1.54) is 5.56 Å². The minimum atomic E-state index is 0.613. The third-order valence-corrected chi connectivity index (χ3v) is 2.71. The standard InChI is InChI=1S/C15H26N2O/c1-5-18-15-7-14(10-17-11-15)6-13(4)9-16-8-12(2)3/h7,10-13,16H,5-6,8-9H2,1-4H3. The molecule has 0 bridgehead atoms. The summed E-state index contributed by atoms with van der Waals surface area (Å²) in [5.41, 5.74) is 1.25. The van der Waals surface area contributed by atoms with Crippen molar-refractivity contribution in [1.82, 2.24) is 10.3 Å². The maximum absolute atomic E-state index is 5.46. The van der Waals surface area contributed by atoms with Crippen LogP contribution in [0.2, 0.25) is 0 Å². The predicted molar refractivity (Wildman–Crippen MR) is 76.0 cm³/mol. The molecular weight excluding hydrogens is 224 g/mol. The van der Waals surface area contributed by atoms with Crippen LogP contribution >= 0.6 is 0 Å². The second-order valence-corrected chi connectivity index (χ2v) is 5.32. The van der Waals surface area contributed by atoms with E-state index in [1.807, 2.05) is 13.1 Å². The van der Waals surface area contributed by atoms with Gasteiger partial charge in [0.15, 0.2) is 0 Å². The fourth-order valence-corrected chi connectivity index (χ4v) is 1.91. The first-order valence-electron chi connectivity index (χ1n) is 6.89. The van der Waals surface area contributed by atoms with Gasteiger partial charge in [-0.25, -0.2) is 0 Å². The van der Waals surface area contributed by atoms with Crippen molar-refractivity contribution in [3.8, 4) is 5.75 Å². The zero-order valence-corrected chi connectivity index (χ0v) is 12.1. The molecule has 0 amide bonds. The van der Waals surface area contributed by atoms with Gasteiger partial charge in [-0.05, 0) is 49.9 Å². The van der Waals surface area contributed by atoms with E-state index in [0.29, 0.717) is 18.4 Å². The molecular formula is C15H26N2O. The minimum absolute atomic E-state index is 0.613. The molecule has 1 unspecified atom stereocenters. The average Bonchev–Trinajstić information content (AvgIpc) is 2.29. The highest BCUT2D eigenvalue weighted by Gasteiger charge is 2.05. The molecule has 0 aliphatic heterocycles. The van der Waals surface area contributed by atoms with Crippen LogP contribution in [0.3, 0.4) is 0 Å². The highest BCUT2D eigenvalue weighted by atomic mass is 16.5. The Bertz CT molecular complexity index is 339. The van der Waals surface area contributed by atoms with E-state index in [0.717, 1.165) is 25.3 Å². The van der Waals surface area contributed by atoms with Crippen molar-refractivity contribution in [2.24, 2.45) is 11.8 Å². The Morgan fingerprint density at radius 1 is 1.22 bits per heavy atom. The van der Waals surface area contributed by atoms with Gasteiger partial charge in [-0.2, -0.15) is 0 Å². The van der Waals surface area contributed by atoms with Gasteiger partial charge < -0.3 is 10.1 Å². The van der Waals surface area contributed by atoms with E-state index in [4.69, 9.17) is 4.74 Å². The predicted octanol–water partition coefficient (Wildman–Crippen LogP) is 2.90. The van der Waals surface area contributed by atoms with Crippen LogP contribution in [-0.2, 0) is 6.42 Å². The van der Waals surface area contributed by atoms with Crippen molar-refractivity contribution >= 4 is 0 Å². The summed E-state index contributed by atoms with van der Waals surface area (Å²) in [7, 11) is 0. The Labute approximate surface area is 111 Å². The molecule has 0 radical (unpaired) electrons. The van der Waals surface area contributed by atoms with Crippen molar-refractivity contribution in [1.29, 1.82) is 0 Å². The molecule has 18 heavy (non-hydrogen) atoms. The summed E-state index contributed by atoms with van der Waals surface area (Å²) in [5, 5.41) is 3.49. The number of nitrogens with zero attached hydrogens (tertiary/aromatic N) is 1. The summed E-state index contributed by atoms with van der Waals surface area (Å²) in [4.78, 5) is 4.22. The molecule has 1 aromatic rings. The fourth-order valence-electron chi connectivity index (χ4n) is 1.91. The van der Waals surface area contributed by atoms with Crippen LogP contribution < -0.4 is 10.1 Å². The zero-order valence-electron chi connectivity index (χ0n) is 12.1. The number of ether oxygens (including phenoxy) is 1. The third-order valence-electron chi connectivity index (χ3n) is 2.71. The topological polar surface area (TPSA) is 34.1 Å². The Morgan fingerprint density at radius 3 is 2.67 bits per heavy atom. The van der Waals surface area contributed by atoms with Crippen LogP contribution in [0.15, 0.2) is 18.5 Å². The molecule has 0 aliphatic rings. The molecule has 1 N–H and O–H groups in total. The molecule has 0 fully saturated rings. The molecule has 0 saturated heterocycles. The molecule has 1 heterocycles.